The average molecular weight is 183 g/mol. The minimum absolute atomic E-state index is 0.0967. The number of hydrogen-bond donors (Lipinski definition) is 1. The van der Waals surface area contributed by atoms with E-state index in [1.54, 1.807) is 0 Å². The monoisotopic (exact) mass is 182 g/mol. The molecular weight excluding hydrogens is 172 g/mol. The second-order valence-electron chi connectivity index (χ2n) is 2.46. The standard InChI is InChI=1S/C10H11ClO/c11-7-1-2-9-3-5-10(8-12)6-4-9/h1-6,12H,7-8H2. The molecule has 0 amide bonds. The molecule has 0 atom stereocenters. The van der Waals surface area contributed by atoms with E-state index in [9.17, 15) is 0 Å². The van der Waals surface area contributed by atoms with E-state index in [1.165, 1.54) is 0 Å². The highest BCUT2D eigenvalue weighted by Crippen LogP contribution is 2.05. The molecule has 1 nitrogen and oxygen atoms in total. The highest BCUT2D eigenvalue weighted by atomic mass is 35.5. The molecule has 0 radical (unpaired) electrons. The molecule has 0 saturated heterocycles. The van der Waals surface area contributed by atoms with Crippen LogP contribution in [-0.2, 0) is 6.61 Å². The van der Waals surface area contributed by atoms with Crippen LogP contribution < -0.4 is 0 Å². The summed E-state index contributed by atoms with van der Waals surface area (Å²) in [6, 6.07) is 7.70. The number of aliphatic hydroxyl groups excluding tert-OH is 1. The van der Waals surface area contributed by atoms with Crippen molar-refractivity contribution in [2.75, 3.05) is 5.88 Å². The highest BCUT2D eigenvalue weighted by molar-refractivity contribution is 6.19. The fraction of sp³-hybridized carbons (Fsp3) is 0.200. The zero-order valence-electron chi connectivity index (χ0n) is 6.70. The van der Waals surface area contributed by atoms with Crippen LogP contribution in [0, 0.1) is 0 Å². The molecule has 2 heteroatoms. The molecular formula is C10H11ClO. The zero-order valence-corrected chi connectivity index (χ0v) is 7.46. The molecule has 0 aromatic heterocycles. The largest absolute Gasteiger partial charge is 0.392 e. The highest BCUT2D eigenvalue weighted by Gasteiger charge is 1.88. The molecule has 1 rings (SSSR count). The van der Waals surface area contributed by atoms with Crippen molar-refractivity contribution < 1.29 is 5.11 Å². The quantitative estimate of drug-likeness (QED) is 0.712. The smallest absolute Gasteiger partial charge is 0.0681 e. The third-order valence-electron chi connectivity index (χ3n) is 1.56. The van der Waals surface area contributed by atoms with E-state index in [0.717, 1.165) is 11.1 Å². The Kier molecular flexibility index (Phi) is 3.85. The predicted molar refractivity (Wildman–Crippen MR) is 52.1 cm³/mol. The molecule has 0 aliphatic heterocycles. The molecule has 64 valence electrons. The van der Waals surface area contributed by atoms with Crippen molar-refractivity contribution in [1.29, 1.82) is 0 Å². The van der Waals surface area contributed by atoms with Crippen molar-refractivity contribution in [3.05, 3.63) is 41.5 Å². The minimum atomic E-state index is 0.0967. The number of hydrogen-bond acceptors (Lipinski definition) is 1. The van der Waals surface area contributed by atoms with Gasteiger partial charge in [-0.3, -0.25) is 0 Å². The van der Waals surface area contributed by atoms with Crippen LogP contribution >= 0.6 is 11.6 Å². The fourth-order valence-electron chi connectivity index (χ4n) is 0.915. The maximum absolute atomic E-state index is 8.77. The van der Waals surface area contributed by atoms with Crippen molar-refractivity contribution in [1.82, 2.24) is 0 Å². The summed E-state index contributed by atoms with van der Waals surface area (Å²) in [7, 11) is 0. The van der Waals surface area contributed by atoms with E-state index in [-0.39, 0.29) is 6.61 Å². The number of alkyl halides is 1. The Hall–Kier alpha value is -0.790. The second kappa shape index (κ2) is 4.96. The van der Waals surface area contributed by atoms with E-state index in [0.29, 0.717) is 5.88 Å². The predicted octanol–water partition coefficient (Wildman–Crippen LogP) is 2.43. The maximum Gasteiger partial charge on any atom is 0.0681 e. The second-order valence-corrected chi connectivity index (χ2v) is 2.76. The topological polar surface area (TPSA) is 20.2 Å². The van der Waals surface area contributed by atoms with Gasteiger partial charge in [-0.05, 0) is 11.1 Å². The van der Waals surface area contributed by atoms with Crippen LogP contribution in [0.15, 0.2) is 30.3 Å². The third-order valence-corrected chi connectivity index (χ3v) is 1.74. The Morgan fingerprint density at radius 2 is 1.92 bits per heavy atom. The number of rotatable bonds is 3. The molecule has 0 unspecified atom stereocenters. The van der Waals surface area contributed by atoms with Gasteiger partial charge in [0, 0.05) is 5.88 Å². The lowest BCUT2D eigenvalue weighted by molar-refractivity contribution is 0.282. The minimum Gasteiger partial charge on any atom is -0.392 e. The summed E-state index contributed by atoms with van der Waals surface area (Å²) >= 11 is 5.48. The first-order valence-corrected chi connectivity index (χ1v) is 4.32. The maximum atomic E-state index is 8.77. The Bertz CT molecular complexity index is 251. The first-order valence-electron chi connectivity index (χ1n) is 3.79. The molecule has 1 N–H and O–H groups in total. The van der Waals surface area contributed by atoms with E-state index >= 15 is 0 Å². The van der Waals surface area contributed by atoms with Crippen molar-refractivity contribution in [3.8, 4) is 0 Å². The molecule has 12 heavy (non-hydrogen) atoms. The van der Waals surface area contributed by atoms with Gasteiger partial charge in [-0.1, -0.05) is 36.4 Å². The SMILES string of the molecule is OCc1ccc(C=CCCl)cc1. The summed E-state index contributed by atoms with van der Waals surface area (Å²) < 4.78 is 0. The first kappa shape index (κ1) is 9.30. The molecule has 0 fully saturated rings. The van der Waals surface area contributed by atoms with Crippen molar-refractivity contribution >= 4 is 17.7 Å². The van der Waals surface area contributed by atoms with Crippen molar-refractivity contribution in [2.24, 2.45) is 0 Å². The molecule has 0 aliphatic rings. The molecule has 0 heterocycles. The van der Waals surface area contributed by atoms with E-state index in [4.69, 9.17) is 16.7 Å². The van der Waals surface area contributed by atoms with E-state index in [2.05, 4.69) is 0 Å². The fourth-order valence-corrected chi connectivity index (χ4v) is 1.00. The Morgan fingerprint density at radius 1 is 1.25 bits per heavy atom. The van der Waals surface area contributed by atoms with Gasteiger partial charge in [-0.15, -0.1) is 11.6 Å². The average Bonchev–Trinajstić information content (AvgIpc) is 2.15. The number of halogens is 1. The molecule has 1 aromatic carbocycles. The summed E-state index contributed by atoms with van der Waals surface area (Å²) in [4.78, 5) is 0. The summed E-state index contributed by atoms with van der Waals surface area (Å²) in [5, 5.41) is 8.77. The van der Waals surface area contributed by atoms with Gasteiger partial charge < -0.3 is 5.11 Å². The van der Waals surface area contributed by atoms with Crippen LogP contribution in [0.5, 0.6) is 0 Å². The lowest BCUT2D eigenvalue weighted by Gasteiger charge is -1.95. The summed E-state index contributed by atoms with van der Waals surface area (Å²) in [5.41, 5.74) is 2.03. The number of aliphatic hydroxyl groups is 1. The van der Waals surface area contributed by atoms with Crippen LogP contribution in [0.1, 0.15) is 11.1 Å². The van der Waals surface area contributed by atoms with Crippen LogP contribution in [-0.4, -0.2) is 11.0 Å². The van der Waals surface area contributed by atoms with Crippen LogP contribution in [0.3, 0.4) is 0 Å². The van der Waals surface area contributed by atoms with E-state index < -0.39 is 0 Å². The van der Waals surface area contributed by atoms with Gasteiger partial charge >= 0.3 is 0 Å². The number of allylic oxidation sites excluding steroid dienone is 1. The first-order chi connectivity index (χ1) is 5.86. The lowest BCUT2D eigenvalue weighted by atomic mass is 10.1. The lowest BCUT2D eigenvalue weighted by Crippen LogP contribution is -1.81. The summed E-state index contributed by atoms with van der Waals surface area (Å²) in [6.07, 6.45) is 3.84. The Labute approximate surface area is 77.3 Å². The van der Waals surface area contributed by atoms with Gasteiger partial charge in [0.25, 0.3) is 0 Å². The third kappa shape index (κ3) is 2.68. The zero-order chi connectivity index (χ0) is 8.81. The van der Waals surface area contributed by atoms with Crippen LogP contribution in [0.4, 0.5) is 0 Å². The van der Waals surface area contributed by atoms with Gasteiger partial charge in [-0.2, -0.15) is 0 Å². The van der Waals surface area contributed by atoms with Gasteiger partial charge in [0.05, 0.1) is 6.61 Å². The van der Waals surface area contributed by atoms with Crippen LogP contribution in [0.25, 0.3) is 6.08 Å². The van der Waals surface area contributed by atoms with Gasteiger partial charge in [-0.25, -0.2) is 0 Å². The molecule has 1 aromatic rings. The summed E-state index contributed by atoms with van der Waals surface area (Å²) in [6.45, 7) is 0.0967. The Morgan fingerprint density at radius 3 is 2.42 bits per heavy atom. The van der Waals surface area contributed by atoms with Crippen molar-refractivity contribution in [3.63, 3.8) is 0 Å². The molecule has 0 aliphatic carbocycles. The molecule has 0 bridgehead atoms. The normalized spacial score (nSPS) is 10.8. The Balaban J connectivity index is 2.71. The summed E-state index contributed by atoms with van der Waals surface area (Å²) in [5.74, 6) is 0.530. The number of benzene rings is 1. The van der Waals surface area contributed by atoms with Crippen molar-refractivity contribution in [2.45, 2.75) is 6.61 Å². The van der Waals surface area contributed by atoms with E-state index in [1.807, 2.05) is 36.4 Å². The van der Waals surface area contributed by atoms with Gasteiger partial charge in [0.15, 0.2) is 0 Å². The molecule has 0 saturated carbocycles. The molecule has 0 spiro atoms. The van der Waals surface area contributed by atoms with Gasteiger partial charge in [0.2, 0.25) is 0 Å². The van der Waals surface area contributed by atoms with Crippen LogP contribution in [0.2, 0.25) is 0 Å². The van der Waals surface area contributed by atoms with Gasteiger partial charge in [0.1, 0.15) is 0 Å².